The molecule has 77 heavy (non-hydrogen) atoms. The number of nitro groups is 3. The van der Waals surface area contributed by atoms with Crippen molar-refractivity contribution >= 4 is 51.1 Å². The van der Waals surface area contributed by atoms with Gasteiger partial charge in [0.05, 0.1) is 81.2 Å². The Morgan fingerprint density at radius 3 is 1.21 bits per heavy atom. The van der Waals surface area contributed by atoms with Crippen molar-refractivity contribution in [3.63, 3.8) is 0 Å². The van der Waals surface area contributed by atoms with Gasteiger partial charge in [-0.25, -0.2) is 27.6 Å². The molecule has 32 heteroatoms. The molecule has 3 rings (SSSR count). The van der Waals surface area contributed by atoms with Gasteiger partial charge in [0.2, 0.25) is 0 Å². The molecule has 2 amide bonds. The van der Waals surface area contributed by atoms with Crippen molar-refractivity contribution < 1.29 is 130 Å². The van der Waals surface area contributed by atoms with Crippen LogP contribution in [0.4, 0.5) is 53.0 Å². The van der Waals surface area contributed by atoms with Crippen molar-refractivity contribution in [3.05, 3.63) is 101 Å². The van der Waals surface area contributed by atoms with Gasteiger partial charge in [-0.1, -0.05) is 15.9 Å². The Morgan fingerprint density at radius 1 is 0.649 bits per heavy atom. The molecule has 24 nitrogen and oxygen atoms in total. The minimum absolute atomic E-state index is 0. The Balaban J connectivity index is -0.000000459. The maximum Gasteiger partial charge on any atom is 1.00 e. The topological polar surface area (TPSA) is 336 Å². The fourth-order valence-corrected chi connectivity index (χ4v) is 5.24. The van der Waals surface area contributed by atoms with Crippen molar-refractivity contribution in [2.45, 2.75) is 116 Å². The number of nitrogens with zero attached hydrogens (tertiary/aromatic N) is 3. The summed E-state index contributed by atoms with van der Waals surface area (Å²) in [4.78, 5) is 61.9. The minimum Gasteiger partial charge on any atom is -1.00 e. The average molecular weight is 1190 g/mol. The van der Waals surface area contributed by atoms with Gasteiger partial charge in [0, 0.05) is 64.5 Å². The number of carbonyl (C=O) groups is 3. The second kappa shape index (κ2) is 36.3. The first kappa shape index (κ1) is 75.4. The molecule has 0 saturated heterocycles. The summed E-state index contributed by atoms with van der Waals surface area (Å²) in [5.41, 5.74) is 3.86. The second-order valence-corrected chi connectivity index (χ2v) is 17.9. The van der Waals surface area contributed by atoms with Crippen LogP contribution >= 0.6 is 15.9 Å². The van der Waals surface area contributed by atoms with E-state index in [1.807, 2.05) is 0 Å². The first-order valence-electron chi connectivity index (χ1n) is 21.8. The number of aliphatic carboxylic acids is 1. The van der Waals surface area contributed by atoms with E-state index in [9.17, 15) is 66.3 Å². The largest absolute Gasteiger partial charge is 1.00 e. The van der Waals surface area contributed by atoms with Crippen molar-refractivity contribution in [3.8, 4) is 17.2 Å². The van der Waals surface area contributed by atoms with Crippen LogP contribution in [0.3, 0.4) is 0 Å². The number of alkyl halides is 4. The van der Waals surface area contributed by atoms with Gasteiger partial charge in [0.25, 0.3) is 0 Å². The van der Waals surface area contributed by atoms with Crippen LogP contribution in [0.2, 0.25) is 0 Å². The Hall–Kier alpha value is -5.83. The molecule has 3 atom stereocenters. The summed E-state index contributed by atoms with van der Waals surface area (Å²) in [5.74, 6) is -4.91. The summed E-state index contributed by atoms with van der Waals surface area (Å²) in [7, 11) is 3.73. The Morgan fingerprint density at radius 2 is 0.948 bits per heavy atom. The summed E-state index contributed by atoms with van der Waals surface area (Å²) < 4.78 is 107. The Labute approximate surface area is 470 Å². The van der Waals surface area contributed by atoms with Gasteiger partial charge >= 0.3 is 71.0 Å². The van der Waals surface area contributed by atoms with E-state index in [1.54, 1.807) is 62.3 Å². The predicted molar refractivity (Wildman–Crippen MR) is 264 cm³/mol. The molecule has 0 bridgehead atoms. The van der Waals surface area contributed by atoms with E-state index in [0.29, 0.717) is 0 Å². The zero-order valence-corrected chi connectivity index (χ0v) is 48.0. The van der Waals surface area contributed by atoms with Gasteiger partial charge in [-0.3, -0.25) is 30.3 Å². The molecule has 0 aliphatic heterocycles. The number of alkyl carbamates (subject to hydrolysis) is 2. The van der Waals surface area contributed by atoms with Crippen LogP contribution in [0.15, 0.2) is 36.4 Å². The van der Waals surface area contributed by atoms with Crippen LogP contribution in [-0.4, -0.2) is 120 Å². The predicted octanol–water partition coefficient (Wildman–Crippen LogP) is 6.06. The fraction of sp³-hybridized carbons (Fsp3) is 0.533. The quantitative estimate of drug-likeness (QED) is 0.0318. The summed E-state index contributed by atoms with van der Waals surface area (Å²) in [6, 6.07) is 5.43. The van der Waals surface area contributed by atoms with E-state index in [4.69, 9.17) is 49.2 Å². The van der Waals surface area contributed by atoms with E-state index in [1.165, 1.54) is 21.3 Å². The van der Waals surface area contributed by atoms with Crippen molar-refractivity contribution in [2.75, 3.05) is 41.2 Å². The van der Waals surface area contributed by atoms with Crippen LogP contribution in [0, 0.1) is 47.8 Å². The number of aliphatic hydroxyl groups excluding tert-OH is 1. The number of carboxylic acids is 1. The smallest absolute Gasteiger partial charge is 1.00 e. The molecular weight excluding hydrogens is 1130 g/mol. The molecule has 0 radical (unpaired) electrons. The molecule has 3 aromatic carbocycles. The van der Waals surface area contributed by atoms with Crippen molar-refractivity contribution in [1.29, 1.82) is 0 Å². The third-order valence-electron chi connectivity index (χ3n) is 8.08. The van der Waals surface area contributed by atoms with Gasteiger partial charge in [0.1, 0.15) is 28.7 Å². The first-order valence-corrected chi connectivity index (χ1v) is 22.9. The number of carboxylic acid groups (broad SMARTS) is 1. The van der Waals surface area contributed by atoms with Crippen LogP contribution in [0.25, 0.3) is 0 Å². The molecular formula is C45H64BrF6N6NaO18. The molecule has 0 spiro atoms. The number of nitrogens with two attached hydrogens (primary N) is 1. The van der Waals surface area contributed by atoms with Gasteiger partial charge in [0.15, 0.2) is 17.2 Å². The first-order chi connectivity index (χ1) is 34.9. The van der Waals surface area contributed by atoms with E-state index in [0.717, 1.165) is 36.4 Å². The molecule has 0 fully saturated rings. The van der Waals surface area contributed by atoms with Crippen LogP contribution in [-0.2, 0) is 42.3 Å². The Kier molecular flexibility index (Phi) is 35.5. The normalized spacial score (nSPS) is 11.9. The number of rotatable bonds is 18. The number of hydrogen-bond acceptors (Lipinski definition) is 18. The van der Waals surface area contributed by atoms with Gasteiger partial charge in [-0.15, -0.1) is 0 Å². The van der Waals surface area contributed by atoms with Crippen LogP contribution in [0.5, 0.6) is 17.2 Å². The third-order valence-corrected chi connectivity index (χ3v) is 8.69. The summed E-state index contributed by atoms with van der Waals surface area (Å²) in [6.45, 7) is 15.7. The molecule has 0 aromatic heterocycles. The van der Waals surface area contributed by atoms with Gasteiger partial charge in [-0.05, 0) is 62.3 Å². The van der Waals surface area contributed by atoms with Crippen LogP contribution < -0.4 is 60.1 Å². The standard InChI is InChI=1S/C16H23FN2O6.C11H15FN2O4.C8H7BrFNO3.C8H17NO3.C2HF3O2.Na.H/c1-10(18-15(20)25-16(2,3)4)8-24-9-11-6-13(19(21)22)14(23-5)7-12(11)17;1-7(13)5-18-6-8-3-10(14(15)16)11(17-2)4-9(8)12;1-14-8-3-6(10)5(4-9)2-7(8)11(12)13;1-6(5-10)9-7(11)12-8(2,3)4;3-2(4,5)1(6)7;;/h6-7,10H,8-9H2,1-5H3,(H,18,20);3-4,7H,5-6,13H2,1-2H3;2-3H,4H2,1H3;6,10H,5H2,1-4H3,(H,9,11);(H,6,7);;/q;;;;;+1;-1/t10-;7-;;6-;;;/m11.1.../s1. The zero-order valence-electron chi connectivity index (χ0n) is 45.4. The third kappa shape index (κ3) is 32.5. The summed E-state index contributed by atoms with van der Waals surface area (Å²) in [6.07, 6.45) is -6.17. The minimum atomic E-state index is -5.08. The van der Waals surface area contributed by atoms with Crippen molar-refractivity contribution in [2.24, 2.45) is 5.73 Å². The van der Waals surface area contributed by atoms with Crippen molar-refractivity contribution in [1.82, 2.24) is 10.6 Å². The average Bonchev–Trinajstić information content (AvgIpc) is 3.28. The van der Waals surface area contributed by atoms with E-state index < -0.39 is 67.8 Å². The number of nitro benzene ring substituents is 3. The molecule has 0 aliphatic carbocycles. The number of methoxy groups -OCH3 is 3. The molecule has 0 saturated carbocycles. The second-order valence-electron chi connectivity index (χ2n) is 17.3. The van der Waals surface area contributed by atoms with Crippen LogP contribution in [0.1, 0.15) is 80.4 Å². The number of ether oxygens (including phenoxy) is 7. The van der Waals surface area contributed by atoms with E-state index in [2.05, 4.69) is 31.3 Å². The molecule has 3 aromatic rings. The number of halogens is 7. The number of nitrogens with one attached hydrogen (secondary N) is 2. The number of benzene rings is 3. The fourth-order valence-electron chi connectivity index (χ4n) is 4.81. The van der Waals surface area contributed by atoms with Gasteiger partial charge < -0.3 is 61.2 Å². The SMILES string of the molecule is COc1cc(F)c(CBr)cc1[N+](=O)[O-].COc1cc(F)c(COC[C@@H](C)N)cc1[N+](=O)[O-].COc1cc(F)c(COC[C@@H](C)NC(=O)OC(C)(C)C)cc1[N+](=O)[O-].C[C@H](CO)NC(=O)OC(C)(C)C.O=C(O)C(F)(F)F.[H-].[Na+]. The van der Waals surface area contributed by atoms with Gasteiger partial charge in [-0.2, -0.15) is 13.2 Å². The van der Waals surface area contributed by atoms with E-state index in [-0.39, 0.29) is 138 Å². The molecule has 0 heterocycles. The maximum absolute atomic E-state index is 13.9. The Bertz CT molecular complexity index is 2390. The maximum atomic E-state index is 13.9. The molecule has 6 N–H and O–H groups in total. The number of hydrogen-bond donors (Lipinski definition) is 5. The molecule has 432 valence electrons. The zero-order chi connectivity index (χ0) is 59.5. The number of carbonyl (C=O) groups excluding carboxylic acids is 2. The molecule has 0 aliphatic rings. The summed E-state index contributed by atoms with van der Waals surface area (Å²) >= 11 is 3.03. The summed E-state index contributed by atoms with van der Waals surface area (Å²) in [5, 5.41) is 53.3. The van der Waals surface area contributed by atoms with E-state index >= 15 is 0 Å². The number of amides is 2. The monoisotopic (exact) mass is 1190 g/mol. The molecule has 0 unspecified atom stereocenters. The number of aliphatic hydroxyl groups is 1.